The Bertz CT molecular complexity index is 845. The lowest BCUT2D eigenvalue weighted by atomic mass is 9.96. The van der Waals surface area contributed by atoms with E-state index in [1.165, 1.54) is 0 Å². The Labute approximate surface area is 123 Å². The van der Waals surface area contributed by atoms with Crippen molar-refractivity contribution in [3.05, 3.63) is 41.0 Å². The second-order valence-corrected chi connectivity index (χ2v) is 5.05. The minimum atomic E-state index is -4.37. The zero-order valence-electron chi connectivity index (χ0n) is 11.8. The molecule has 3 rings (SSSR count). The second kappa shape index (κ2) is 4.72. The number of aryl methyl sites for hydroxylation is 2. The summed E-state index contributed by atoms with van der Waals surface area (Å²) in [6.07, 6.45) is -4.37. The summed E-state index contributed by atoms with van der Waals surface area (Å²) in [6, 6.07) is 5.56. The number of pyridine rings is 1. The third kappa shape index (κ3) is 2.38. The molecule has 0 atom stereocenters. The molecule has 0 saturated heterocycles. The standard InChI is InChI=1S/C15H12F3N3O/c1-7-5-9(15(16,17)18)6-8(2)12(7)10-3-4-11-13(20-10)21-14(19)22-11/h3-6H,1-2H3,(H2,19,20,21). The van der Waals surface area contributed by atoms with Crippen LogP contribution in [0.5, 0.6) is 0 Å². The minimum absolute atomic E-state index is 0.000475. The summed E-state index contributed by atoms with van der Waals surface area (Å²) in [7, 11) is 0. The molecular weight excluding hydrogens is 295 g/mol. The summed E-state index contributed by atoms with van der Waals surface area (Å²) in [4.78, 5) is 8.25. The molecule has 2 heterocycles. The number of aromatic nitrogens is 2. The van der Waals surface area contributed by atoms with Crippen LogP contribution < -0.4 is 5.73 Å². The summed E-state index contributed by atoms with van der Waals surface area (Å²) in [5.74, 6) is 0. The van der Waals surface area contributed by atoms with Gasteiger partial charge >= 0.3 is 6.18 Å². The van der Waals surface area contributed by atoms with Crippen molar-refractivity contribution >= 4 is 17.2 Å². The summed E-state index contributed by atoms with van der Waals surface area (Å²) < 4.78 is 43.7. The Hall–Kier alpha value is -2.57. The van der Waals surface area contributed by atoms with E-state index in [2.05, 4.69) is 9.97 Å². The molecule has 22 heavy (non-hydrogen) atoms. The van der Waals surface area contributed by atoms with Gasteiger partial charge in [-0.15, -0.1) is 0 Å². The first kappa shape index (κ1) is 14.4. The van der Waals surface area contributed by atoms with Gasteiger partial charge in [0.25, 0.3) is 6.01 Å². The molecule has 0 aliphatic rings. The van der Waals surface area contributed by atoms with E-state index < -0.39 is 11.7 Å². The number of oxazole rings is 1. The molecule has 3 aromatic rings. The van der Waals surface area contributed by atoms with Crippen LogP contribution in [0.3, 0.4) is 0 Å². The Kier molecular flexibility index (Phi) is 3.09. The third-order valence-electron chi connectivity index (χ3n) is 3.39. The van der Waals surface area contributed by atoms with E-state index in [9.17, 15) is 13.2 Å². The zero-order valence-corrected chi connectivity index (χ0v) is 11.8. The molecule has 2 N–H and O–H groups in total. The summed E-state index contributed by atoms with van der Waals surface area (Å²) in [5, 5.41) is 0. The molecule has 0 fully saturated rings. The van der Waals surface area contributed by atoms with Crippen LogP contribution in [0.4, 0.5) is 19.2 Å². The quantitative estimate of drug-likeness (QED) is 0.735. The van der Waals surface area contributed by atoms with Gasteiger partial charge in [-0.05, 0) is 49.2 Å². The molecule has 0 saturated carbocycles. The molecule has 0 aliphatic carbocycles. The lowest BCUT2D eigenvalue weighted by Gasteiger charge is -2.14. The molecular formula is C15H12F3N3O. The van der Waals surface area contributed by atoms with Crippen molar-refractivity contribution in [3.63, 3.8) is 0 Å². The number of nitrogens with zero attached hydrogens (tertiary/aromatic N) is 2. The van der Waals surface area contributed by atoms with E-state index in [0.717, 1.165) is 12.1 Å². The van der Waals surface area contributed by atoms with Crippen LogP contribution >= 0.6 is 0 Å². The Morgan fingerprint density at radius 3 is 2.27 bits per heavy atom. The summed E-state index contributed by atoms with van der Waals surface area (Å²) in [5.41, 5.74) is 7.73. The van der Waals surface area contributed by atoms with Gasteiger partial charge in [0, 0.05) is 5.56 Å². The van der Waals surface area contributed by atoms with Crippen LogP contribution in [-0.2, 0) is 6.18 Å². The maximum atomic E-state index is 12.8. The molecule has 2 aromatic heterocycles. The molecule has 114 valence electrons. The van der Waals surface area contributed by atoms with Crippen LogP contribution in [0.1, 0.15) is 16.7 Å². The molecule has 0 amide bonds. The van der Waals surface area contributed by atoms with Gasteiger partial charge in [-0.25, -0.2) is 4.98 Å². The zero-order chi connectivity index (χ0) is 16.1. The summed E-state index contributed by atoms with van der Waals surface area (Å²) in [6.45, 7) is 3.25. The van der Waals surface area contributed by atoms with Gasteiger partial charge in [0.1, 0.15) is 0 Å². The fraction of sp³-hybridized carbons (Fsp3) is 0.200. The van der Waals surface area contributed by atoms with E-state index >= 15 is 0 Å². The molecule has 0 unspecified atom stereocenters. The molecule has 0 bridgehead atoms. The van der Waals surface area contributed by atoms with E-state index in [1.807, 2.05) is 0 Å². The van der Waals surface area contributed by atoms with Crippen molar-refractivity contribution in [2.75, 3.05) is 5.73 Å². The highest BCUT2D eigenvalue weighted by molar-refractivity contribution is 5.77. The van der Waals surface area contributed by atoms with Gasteiger partial charge in [-0.2, -0.15) is 18.2 Å². The van der Waals surface area contributed by atoms with Crippen molar-refractivity contribution in [1.82, 2.24) is 9.97 Å². The van der Waals surface area contributed by atoms with Gasteiger partial charge in [0.05, 0.1) is 11.3 Å². The average molecular weight is 307 g/mol. The first-order chi connectivity index (χ1) is 10.3. The van der Waals surface area contributed by atoms with Crippen LogP contribution in [0.2, 0.25) is 0 Å². The predicted octanol–water partition coefficient (Wildman–Crippen LogP) is 4.11. The van der Waals surface area contributed by atoms with Crippen molar-refractivity contribution in [2.45, 2.75) is 20.0 Å². The van der Waals surface area contributed by atoms with Gasteiger partial charge in [-0.1, -0.05) is 0 Å². The fourth-order valence-electron chi connectivity index (χ4n) is 2.51. The number of nitrogens with two attached hydrogens (primary N) is 1. The molecule has 4 nitrogen and oxygen atoms in total. The topological polar surface area (TPSA) is 64.9 Å². The molecule has 0 radical (unpaired) electrons. The van der Waals surface area contributed by atoms with Gasteiger partial charge in [0.2, 0.25) is 5.65 Å². The number of rotatable bonds is 1. The first-order valence-corrected chi connectivity index (χ1v) is 6.47. The number of hydrogen-bond donors (Lipinski definition) is 1. The van der Waals surface area contributed by atoms with Crippen molar-refractivity contribution in [1.29, 1.82) is 0 Å². The average Bonchev–Trinajstić information content (AvgIpc) is 2.76. The third-order valence-corrected chi connectivity index (χ3v) is 3.39. The Balaban J connectivity index is 2.17. The lowest BCUT2D eigenvalue weighted by Crippen LogP contribution is -2.06. The maximum absolute atomic E-state index is 12.8. The van der Waals surface area contributed by atoms with Gasteiger partial charge in [-0.3, -0.25) is 0 Å². The molecule has 0 aliphatic heterocycles. The molecule has 7 heteroatoms. The SMILES string of the molecule is Cc1cc(C(F)(F)F)cc(C)c1-c1ccc2oc(N)nc2n1. The van der Waals surface area contributed by atoms with Gasteiger partial charge < -0.3 is 10.2 Å². The monoisotopic (exact) mass is 307 g/mol. The van der Waals surface area contributed by atoms with Crippen LogP contribution in [-0.4, -0.2) is 9.97 Å². The van der Waals surface area contributed by atoms with Gasteiger partial charge in [0.15, 0.2) is 5.58 Å². The lowest BCUT2D eigenvalue weighted by molar-refractivity contribution is -0.137. The number of fused-ring (bicyclic) bond motifs is 1. The second-order valence-electron chi connectivity index (χ2n) is 5.05. The number of alkyl halides is 3. The Morgan fingerprint density at radius 1 is 1.05 bits per heavy atom. The Morgan fingerprint density at radius 2 is 1.68 bits per heavy atom. The number of halogens is 3. The molecule has 0 spiro atoms. The van der Waals surface area contributed by atoms with Crippen molar-refractivity contribution in [2.24, 2.45) is 0 Å². The maximum Gasteiger partial charge on any atom is 0.416 e. The fourth-order valence-corrected chi connectivity index (χ4v) is 2.51. The largest absolute Gasteiger partial charge is 0.422 e. The van der Waals surface area contributed by atoms with Crippen LogP contribution in [0.15, 0.2) is 28.7 Å². The number of benzene rings is 1. The van der Waals surface area contributed by atoms with E-state index in [1.54, 1.807) is 26.0 Å². The van der Waals surface area contributed by atoms with Crippen LogP contribution in [0, 0.1) is 13.8 Å². The summed E-state index contributed by atoms with van der Waals surface area (Å²) >= 11 is 0. The van der Waals surface area contributed by atoms with Crippen LogP contribution in [0.25, 0.3) is 22.5 Å². The highest BCUT2D eigenvalue weighted by Gasteiger charge is 2.31. The highest BCUT2D eigenvalue weighted by atomic mass is 19.4. The molecule has 1 aromatic carbocycles. The van der Waals surface area contributed by atoms with Crippen molar-refractivity contribution < 1.29 is 17.6 Å². The van der Waals surface area contributed by atoms with E-state index in [-0.39, 0.29) is 6.01 Å². The normalized spacial score (nSPS) is 12.0. The predicted molar refractivity (Wildman–Crippen MR) is 76.1 cm³/mol. The van der Waals surface area contributed by atoms with Crippen molar-refractivity contribution in [3.8, 4) is 11.3 Å². The number of nitrogen functional groups attached to an aromatic ring is 1. The smallest absolute Gasteiger partial charge is 0.416 e. The number of hydrogen-bond acceptors (Lipinski definition) is 4. The van der Waals surface area contributed by atoms with E-state index in [4.69, 9.17) is 10.2 Å². The van der Waals surface area contributed by atoms with E-state index in [0.29, 0.717) is 33.6 Å². The first-order valence-electron chi connectivity index (χ1n) is 6.47. The number of anilines is 1. The minimum Gasteiger partial charge on any atom is -0.422 e. The highest BCUT2D eigenvalue weighted by Crippen LogP contribution is 2.35.